The Labute approximate surface area is 123 Å². The van der Waals surface area contributed by atoms with Crippen LogP contribution < -0.4 is 5.73 Å². The third-order valence-corrected chi connectivity index (χ3v) is 4.77. The third kappa shape index (κ3) is 3.10. The fourth-order valence-electron chi connectivity index (χ4n) is 3.46. The van der Waals surface area contributed by atoms with E-state index in [4.69, 9.17) is 15.2 Å². The van der Waals surface area contributed by atoms with E-state index in [1.807, 2.05) is 0 Å². The normalized spacial score (nSPS) is 26.7. The summed E-state index contributed by atoms with van der Waals surface area (Å²) in [5.41, 5.74) is 6.82. The highest BCUT2D eigenvalue weighted by Gasteiger charge is 2.40. The first kappa shape index (κ1) is 14.9. The molecule has 2 fully saturated rings. The Morgan fingerprint density at radius 2 is 1.90 bits per heavy atom. The maximum absolute atomic E-state index is 13.4. The third-order valence-electron chi connectivity index (χ3n) is 4.77. The molecule has 116 valence electrons. The average Bonchev–Trinajstić information content (AvgIpc) is 2.50. The molecule has 0 saturated carbocycles. The standard InChI is InChI=1S/C16H21F2NO2/c17-13-2-1-11(9-14(13)18)15(19)12-3-6-21-16(10-12)4-7-20-8-5-16/h1-2,9,12,15H,3-8,10,19H2. The molecule has 2 saturated heterocycles. The van der Waals surface area contributed by atoms with Crippen LogP contribution >= 0.6 is 0 Å². The van der Waals surface area contributed by atoms with Gasteiger partial charge >= 0.3 is 0 Å². The lowest BCUT2D eigenvalue weighted by atomic mass is 9.76. The van der Waals surface area contributed by atoms with Gasteiger partial charge in [-0.05, 0) is 49.3 Å². The van der Waals surface area contributed by atoms with Crippen LogP contribution in [0.1, 0.15) is 37.3 Å². The minimum atomic E-state index is -0.837. The highest BCUT2D eigenvalue weighted by atomic mass is 19.2. The molecule has 1 aromatic rings. The molecule has 3 rings (SSSR count). The van der Waals surface area contributed by atoms with Crippen molar-refractivity contribution < 1.29 is 18.3 Å². The molecule has 2 aliphatic heterocycles. The molecule has 0 amide bonds. The van der Waals surface area contributed by atoms with Crippen molar-refractivity contribution in [2.45, 2.75) is 37.3 Å². The van der Waals surface area contributed by atoms with Gasteiger partial charge in [-0.2, -0.15) is 0 Å². The van der Waals surface area contributed by atoms with E-state index in [0.717, 1.165) is 31.7 Å². The molecule has 2 heterocycles. The van der Waals surface area contributed by atoms with E-state index in [1.54, 1.807) is 6.07 Å². The van der Waals surface area contributed by atoms with Gasteiger partial charge in [0.2, 0.25) is 0 Å². The monoisotopic (exact) mass is 297 g/mol. The van der Waals surface area contributed by atoms with Crippen LogP contribution in [-0.2, 0) is 9.47 Å². The highest BCUT2D eigenvalue weighted by molar-refractivity contribution is 5.22. The van der Waals surface area contributed by atoms with E-state index >= 15 is 0 Å². The lowest BCUT2D eigenvalue weighted by Gasteiger charge is -2.44. The van der Waals surface area contributed by atoms with Gasteiger partial charge in [-0.25, -0.2) is 8.78 Å². The largest absolute Gasteiger partial charge is 0.381 e. The van der Waals surface area contributed by atoms with Crippen molar-refractivity contribution in [3.63, 3.8) is 0 Å². The Morgan fingerprint density at radius 1 is 1.14 bits per heavy atom. The maximum atomic E-state index is 13.4. The van der Waals surface area contributed by atoms with Crippen molar-refractivity contribution >= 4 is 0 Å². The summed E-state index contributed by atoms with van der Waals surface area (Å²) in [7, 11) is 0. The number of halogens is 2. The summed E-state index contributed by atoms with van der Waals surface area (Å²) in [5.74, 6) is -1.45. The topological polar surface area (TPSA) is 44.5 Å². The van der Waals surface area contributed by atoms with Gasteiger partial charge in [0, 0.05) is 25.9 Å². The molecular weight excluding hydrogens is 276 g/mol. The van der Waals surface area contributed by atoms with E-state index in [-0.39, 0.29) is 17.6 Å². The van der Waals surface area contributed by atoms with Gasteiger partial charge in [-0.15, -0.1) is 0 Å². The number of ether oxygens (including phenoxy) is 2. The van der Waals surface area contributed by atoms with Gasteiger partial charge in [0.15, 0.2) is 11.6 Å². The van der Waals surface area contributed by atoms with Crippen LogP contribution in [0.15, 0.2) is 18.2 Å². The molecular formula is C16H21F2NO2. The van der Waals surface area contributed by atoms with Crippen LogP contribution in [0.5, 0.6) is 0 Å². The summed E-state index contributed by atoms with van der Waals surface area (Å²) in [6.45, 7) is 2.10. The van der Waals surface area contributed by atoms with Gasteiger partial charge in [0.05, 0.1) is 5.60 Å². The number of benzene rings is 1. The van der Waals surface area contributed by atoms with E-state index < -0.39 is 11.6 Å². The minimum absolute atomic E-state index is 0.142. The Bertz CT molecular complexity index is 498. The lowest BCUT2D eigenvalue weighted by Crippen LogP contribution is -2.46. The van der Waals surface area contributed by atoms with E-state index in [9.17, 15) is 8.78 Å². The second kappa shape index (κ2) is 5.99. The molecule has 1 spiro atoms. The van der Waals surface area contributed by atoms with Crippen LogP contribution in [0.2, 0.25) is 0 Å². The Hall–Kier alpha value is -1.04. The number of hydrogen-bond donors (Lipinski definition) is 1. The Kier molecular flexibility index (Phi) is 4.24. The zero-order valence-corrected chi connectivity index (χ0v) is 12.0. The van der Waals surface area contributed by atoms with Crippen molar-refractivity contribution in [1.29, 1.82) is 0 Å². The summed E-state index contributed by atoms with van der Waals surface area (Å²) >= 11 is 0. The molecule has 3 nitrogen and oxygen atoms in total. The summed E-state index contributed by atoms with van der Waals surface area (Å²) in [6.07, 6.45) is 3.47. The SMILES string of the molecule is NC(c1ccc(F)c(F)c1)C1CCOC2(CCOCC2)C1. The van der Waals surface area contributed by atoms with Crippen molar-refractivity contribution in [3.05, 3.63) is 35.4 Å². The molecule has 0 radical (unpaired) electrons. The predicted octanol–water partition coefficient (Wildman–Crippen LogP) is 2.94. The first-order valence-electron chi connectivity index (χ1n) is 7.52. The fraction of sp³-hybridized carbons (Fsp3) is 0.625. The highest BCUT2D eigenvalue weighted by Crippen LogP contribution is 2.41. The summed E-state index contributed by atoms with van der Waals surface area (Å²) in [4.78, 5) is 0. The van der Waals surface area contributed by atoms with Gasteiger partial charge in [0.25, 0.3) is 0 Å². The number of nitrogens with two attached hydrogens (primary N) is 1. The number of rotatable bonds is 2. The first-order valence-corrected chi connectivity index (χ1v) is 7.52. The van der Waals surface area contributed by atoms with Crippen LogP contribution in [0.3, 0.4) is 0 Å². The zero-order chi connectivity index (χ0) is 14.9. The molecule has 0 aliphatic carbocycles. The average molecular weight is 297 g/mol. The Morgan fingerprint density at radius 3 is 2.62 bits per heavy atom. The molecule has 21 heavy (non-hydrogen) atoms. The molecule has 2 aliphatic rings. The molecule has 1 aromatic carbocycles. The van der Waals surface area contributed by atoms with Crippen LogP contribution in [0, 0.1) is 17.6 Å². The molecule has 2 atom stereocenters. The van der Waals surface area contributed by atoms with Crippen molar-refractivity contribution in [3.8, 4) is 0 Å². The summed E-state index contributed by atoms with van der Waals surface area (Å²) in [5, 5.41) is 0. The van der Waals surface area contributed by atoms with Crippen LogP contribution in [0.25, 0.3) is 0 Å². The smallest absolute Gasteiger partial charge is 0.159 e. The molecule has 0 bridgehead atoms. The second-order valence-electron chi connectivity index (χ2n) is 6.10. The molecule has 2 N–H and O–H groups in total. The van der Waals surface area contributed by atoms with Gasteiger partial charge < -0.3 is 15.2 Å². The van der Waals surface area contributed by atoms with Crippen LogP contribution in [0.4, 0.5) is 8.78 Å². The van der Waals surface area contributed by atoms with Crippen molar-refractivity contribution in [1.82, 2.24) is 0 Å². The van der Waals surface area contributed by atoms with Gasteiger partial charge in [-0.3, -0.25) is 0 Å². The van der Waals surface area contributed by atoms with Gasteiger partial charge in [0.1, 0.15) is 0 Å². The quantitative estimate of drug-likeness (QED) is 0.913. The minimum Gasteiger partial charge on any atom is -0.381 e. The molecule has 2 unspecified atom stereocenters. The van der Waals surface area contributed by atoms with E-state index in [1.165, 1.54) is 6.07 Å². The summed E-state index contributed by atoms with van der Waals surface area (Å²) < 4.78 is 37.8. The van der Waals surface area contributed by atoms with Crippen molar-refractivity contribution in [2.24, 2.45) is 11.7 Å². The Balaban J connectivity index is 1.74. The lowest BCUT2D eigenvalue weighted by molar-refractivity contribution is -0.149. The predicted molar refractivity (Wildman–Crippen MR) is 74.7 cm³/mol. The zero-order valence-electron chi connectivity index (χ0n) is 12.0. The fourth-order valence-corrected chi connectivity index (χ4v) is 3.46. The second-order valence-corrected chi connectivity index (χ2v) is 6.10. The van der Waals surface area contributed by atoms with Gasteiger partial charge in [-0.1, -0.05) is 6.07 Å². The first-order chi connectivity index (χ1) is 10.1. The van der Waals surface area contributed by atoms with Crippen LogP contribution in [-0.4, -0.2) is 25.4 Å². The van der Waals surface area contributed by atoms with Crippen molar-refractivity contribution in [2.75, 3.05) is 19.8 Å². The van der Waals surface area contributed by atoms with E-state index in [0.29, 0.717) is 25.4 Å². The summed E-state index contributed by atoms with van der Waals surface area (Å²) in [6, 6.07) is 3.65. The maximum Gasteiger partial charge on any atom is 0.159 e. The number of hydrogen-bond acceptors (Lipinski definition) is 3. The van der Waals surface area contributed by atoms with E-state index in [2.05, 4.69) is 0 Å². The molecule has 0 aromatic heterocycles. The molecule has 5 heteroatoms.